The van der Waals surface area contributed by atoms with Crippen molar-refractivity contribution in [2.45, 2.75) is 23.0 Å². The summed E-state index contributed by atoms with van der Waals surface area (Å²) in [5, 5.41) is 0.322. The van der Waals surface area contributed by atoms with E-state index in [-0.39, 0.29) is 0 Å². The van der Waals surface area contributed by atoms with E-state index in [0.717, 1.165) is 11.3 Å². The van der Waals surface area contributed by atoms with Crippen molar-refractivity contribution >= 4 is 28.4 Å². The van der Waals surface area contributed by atoms with Crippen molar-refractivity contribution in [3.63, 3.8) is 0 Å². The van der Waals surface area contributed by atoms with Crippen LogP contribution in [0, 0.1) is 0 Å². The fourth-order valence-corrected chi connectivity index (χ4v) is 6.73. The van der Waals surface area contributed by atoms with Crippen molar-refractivity contribution < 1.29 is 4.79 Å². The maximum Gasteiger partial charge on any atom is 0.216 e. The summed E-state index contributed by atoms with van der Waals surface area (Å²) in [6, 6.07) is 8.08. The number of rotatable bonds is 1. The van der Waals surface area contributed by atoms with Gasteiger partial charge < -0.3 is 0 Å². The molecule has 1 fully saturated rings. The largest absolute Gasteiger partial charge is 0.288 e. The van der Waals surface area contributed by atoms with Gasteiger partial charge in [-0.25, -0.2) is 0 Å². The Bertz CT molecular complexity index is 410. The van der Waals surface area contributed by atoms with Crippen LogP contribution >= 0.6 is 11.8 Å². The van der Waals surface area contributed by atoms with E-state index in [4.69, 9.17) is 0 Å². The number of benzene rings is 1. The van der Waals surface area contributed by atoms with E-state index < -0.39 is 0 Å². The first-order valence-electron chi connectivity index (χ1n) is 5.78. The number of hydrogen-bond donors (Lipinski definition) is 0. The van der Waals surface area contributed by atoms with Crippen molar-refractivity contribution in [3.8, 4) is 0 Å². The second-order valence-corrected chi connectivity index (χ2v) is 7.84. The standard InChI is InChI=1S/C13H15OS2/c14-13-10-5-1-2-6-11(10)15-9-12(13)16-7-3-4-8-16/h1-2,5-6,12H,3-4,7-9H2/q+1. The van der Waals surface area contributed by atoms with Crippen LogP contribution in [0.1, 0.15) is 23.2 Å². The molecule has 16 heavy (non-hydrogen) atoms. The van der Waals surface area contributed by atoms with E-state index in [2.05, 4.69) is 6.07 Å². The summed E-state index contributed by atoms with van der Waals surface area (Å²) in [4.78, 5) is 13.6. The summed E-state index contributed by atoms with van der Waals surface area (Å²) in [6.07, 6.45) is 2.67. The number of carbonyl (C=O) groups is 1. The molecule has 3 heteroatoms. The summed E-state index contributed by atoms with van der Waals surface area (Å²) in [5.41, 5.74) is 0.975. The summed E-state index contributed by atoms with van der Waals surface area (Å²) in [7, 11) is 0.379. The summed E-state index contributed by atoms with van der Waals surface area (Å²) in [6.45, 7) is 0. The van der Waals surface area contributed by atoms with Crippen LogP contribution in [-0.4, -0.2) is 28.3 Å². The first-order valence-corrected chi connectivity index (χ1v) is 8.40. The molecule has 0 bridgehead atoms. The predicted molar refractivity (Wildman–Crippen MR) is 71.6 cm³/mol. The molecule has 1 saturated heterocycles. The SMILES string of the molecule is O=C1c2ccccc2SCC1[S+]1CCCC1. The quantitative estimate of drug-likeness (QED) is 0.714. The van der Waals surface area contributed by atoms with Crippen LogP contribution in [0.25, 0.3) is 0 Å². The molecule has 1 aromatic rings. The molecular weight excluding hydrogens is 236 g/mol. The third-order valence-corrected chi connectivity index (χ3v) is 7.49. The van der Waals surface area contributed by atoms with Gasteiger partial charge in [-0.05, 0) is 29.8 Å². The number of fused-ring (bicyclic) bond motifs is 1. The highest BCUT2D eigenvalue weighted by molar-refractivity contribution is 8.03. The molecule has 0 N–H and O–H groups in total. The first-order chi connectivity index (χ1) is 7.86. The monoisotopic (exact) mass is 251 g/mol. The highest BCUT2D eigenvalue weighted by Gasteiger charge is 2.42. The Hall–Kier alpha value is -0.410. The molecule has 1 unspecified atom stereocenters. The van der Waals surface area contributed by atoms with Crippen molar-refractivity contribution in [2.75, 3.05) is 17.3 Å². The second-order valence-electron chi connectivity index (χ2n) is 4.31. The van der Waals surface area contributed by atoms with Crippen molar-refractivity contribution in [3.05, 3.63) is 29.8 Å². The molecule has 1 aromatic carbocycles. The second kappa shape index (κ2) is 4.46. The predicted octanol–water partition coefficient (Wildman–Crippen LogP) is 2.76. The van der Waals surface area contributed by atoms with E-state index >= 15 is 0 Å². The highest BCUT2D eigenvalue weighted by atomic mass is 32.2. The van der Waals surface area contributed by atoms with Crippen LogP contribution in [0.3, 0.4) is 0 Å². The molecule has 2 aliphatic heterocycles. The molecule has 1 nitrogen and oxygen atoms in total. The molecule has 0 aromatic heterocycles. The van der Waals surface area contributed by atoms with Gasteiger partial charge in [0.25, 0.3) is 0 Å². The lowest BCUT2D eigenvalue weighted by Crippen LogP contribution is -2.36. The van der Waals surface area contributed by atoms with Crippen molar-refractivity contribution in [1.29, 1.82) is 0 Å². The summed E-state index contributed by atoms with van der Waals surface area (Å²) < 4.78 is 0. The number of ketones is 1. The fraction of sp³-hybridized carbons (Fsp3) is 0.462. The Kier molecular flexibility index (Phi) is 2.99. The van der Waals surface area contributed by atoms with Gasteiger partial charge in [0.1, 0.15) is 11.5 Å². The Morgan fingerprint density at radius 2 is 1.94 bits per heavy atom. The Morgan fingerprint density at radius 1 is 1.19 bits per heavy atom. The zero-order chi connectivity index (χ0) is 11.0. The number of carbonyl (C=O) groups excluding carboxylic acids is 1. The Labute approximate surface area is 103 Å². The molecule has 84 valence electrons. The molecule has 0 amide bonds. The lowest BCUT2D eigenvalue weighted by atomic mass is 10.1. The molecule has 1 atom stereocenters. The maximum atomic E-state index is 12.4. The minimum Gasteiger partial charge on any atom is -0.288 e. The highest BCUT2D eigenvalue weighted by Crippen LogP contribution is 2.34. The van der Waals surface area contributed by atoms with Gasteiger partial charge in [-0.2, -0.15) is 0 Å². The van der Waals surface area contributed by atoms with Crippen LogP contribution in [0.4, 0.5) is 0 Å². The summed E-state index contributed by atoms with van der Waals surface area (Å²) >= 11 is 1.87. The minimum absolute atomic E-state index is 0.322. The van der Waals surface area contributed by atoms with Gasteiger partial charge >= 0.3 is 0 Å². The molecule has 0 saturated carbocycles. The van der Waals surface area contributed by atoms with Crippen LogP contribution in [0.2, 0.25) is 0 Å². The topological polar surface area (TPSA) is 17.1 Å². The maximum absolute atomic E-state index is 12.4. The van der Waals surface area contributed by atoms with Gasteiger partial charge in [-0.1, -0.05) is 18.2 Å². The lowest BCUT2D eigenvalue weighted by Gasteiger charge is -2.21. The molecule has 0 spiro atoms. The van der Waals surface area contributed by atoms with E-state index in [1.807, 2.05) is 30.0 Å². The zero-order valence-corrected chi connectivity index (χ0v) is 10.8. The lowest BCUT2D eigenvalue weighted by molar-refractivity contribution is 0.0990. The van der Waals surface area contributed by atoms with Gasteiger partial charge in [0.2, 0.25) is 5.78 Å². The van der Waals surface area contributed by atoms with Crippen LogP contribution in [-0.2, 0) is 10.9 Å². The average Bonchev–Trinajstić information content (AvgIpc) is 2.83. The van der Waals surface area contributed by atoms with Gasteiger partial charge in [-0.15, -0.1) is 11.8 Å². The number of hydrogen-bond acceptors (Lipinski definition) is 2. The third kappa shape index (κ3) is 1.80. The Morgan fingerprint density at radius 3 is 2.75 bits per heavy atom. The van der Waals surface area contributed by atoms with E-state index in [1.54, 1.807) is 0 Å². The molecular formula is C13H15OS2+. The molecule has 0 aliphatic carbocycles. The molecule has 2 heterocycles. The van der Waals surface area contributed by atoms with E-state index in [9.17, 15) is 4.79 Å². The first kappa shape index (κ1) is 10.7. The van der Waals surface area contributed by atoms with Crippen LogP contribution < -0.4 is 0 Å². The summed E-state index contributed by atoms with van der Waals surface area (Å²) in [5.74, 6) is 4.01. The number of Topliss-reactive ketones (excluding diaryl/α,β-unsaturated/α-hetero) is 1. The molecule has 2 aliphatic rings. The van der Waals surface area contributed by atoms with Crippen molar-refractivity contribution in [2.24, 2.45) is 0 Å². The van der Waals surface area contributed by atoms with Crippen LogP contribution in [0.15, 0.2) is 29.2 Å². The smallest absolute Gasteiger partial charge is 0.216 e. The van der Waals surface area contributed by atoms with Crippen LogP contribution in [0.5, 0.6) is 0 Å². The van der Waals surface area contributed by atoms with Gasteiger partial charge in [0, 0.05) is 10.5 Å². The fourth-order valence-electron chi connectivity index (χ4n) is 2.42. The molecule has 0 radical (unpaired) electrons. The number of thioether (sulfide) groups is 1. The third-order valence-electron chi connectivity index (χ3n) is 3.30. The van der Waals surface area contributed by atoms with Gasteiger partial charge in [-0.3, -0.25) is 4.79 Å². The van der Waals surface area contributed by atoms with Gasteiger partial charge in [0.05, 0.1) is 5.75 Å². The van der Waals surface area contributed by atoms with Gasteiger partial charge in [0.15, 0.2) is 5.25 Å². The van der Waals surface area contributed by atoms with Crippen molar-refractivity contribution in [1.82, 2.24) is 0 Å². The van der Waals surface area contributed by atoms with E-state index in [0.29, 0.717) is 21.9 Å². The average molecular weight is 251 g/mol. The zero-order valence-electron chi connectivity index (χ0n) is 9.15. The Balaban J connectivity index is 1.88. The normalized spacial score (nSPS) is 25.8. The molecule has 3 rings (SSSR count). The minimum atomic E-state index is 0.322. The van der Waals surface area contributed by atoms with E-state index in [1.165, 1.54) is 29.2 Å².